The largest absolute Gasteiger partial charge is 0.305 e. The molecule has 182 valence electrons. The van der Waals surface area contributed by atoms with Crippen LogP contribution in [0.5, 0.6) is 0 Å². The summed E-state index contributed by atoms with van der Waals surface area (Å²) >= 11 is 1.36. The second kappa shape index (κ2) is 12.7. The van der Waals surface area contributed by atoms with Gasteiger partial charge in [0.15, 0.2) is 16.8 Å². The number of Topliss-reactive ketones (excluding diaryl/α,β-unsaturated/α-hetero) is 2. The number of ketones is 2. The first-order valence-corrected chi connectivity index (χ1v) is 12.5. The van der Waals surface area contributed by atoms with Gasteiger partial charge in [-0.25, -0.2) is 0 Å². The highest BCUT2D eigenvalue weighted by molar-refractivity contribution is 7.99. The summed E-state index contributed by atoms with van der Waals surface area (Å²) in [6, 6.07) is 16.8. The molecule has 0 unspecified atom stereocenters. The van der Waals surface area contributed by atoms with Crippen molar-refractivity contribution in [1.82, 2.24) is 35.0 Å². The number of tetrazole rings is 1. The normalized spacial score (nSPS) is 10.5. The van der Waals surface area contributed by atoms with E-state index >= 15 is 0 Å². The molecule has 2 heterocycles. The Labute approximate surface area is 209 Å². The average molecular weight is 492 g/mol. The molecule has 10 heteroatoms. The van der Waals surface area contributed by atoms with Crippen molar-refractivity contribution in [2.45, 2.75) is 52.4 Å². The quantitative estimate of drug-likeness (QED) is 0.241. The maximum Gasteiger partial charge on any atom is 0.204 e. The summed E-state index contributed by atoms with van der Waals surface area (Å²) in [7, 11) is 0. The Hall–Kier alpha value is -3.66. The molecule has 0 bridgehead atoms. The van der Waals surface area contributed by atoms with Crippen LogP contribution in [0.25, 0.3) is 11.4 Å². The van der Waals surface area contributed by atoms with Crippen molar-refractivity contribution < 1.29 is 9.59 Å². The van der Waals surface area contributed by atoms with Gasteiger partial charge in [0.2, 0.25) is 5.82 Å². The van der Waals surface area contributed by atoms with Crippen molar-refractivity contribution >= 4 is 23.3 Å². The van der Waals surface area contributed by atoms with E-state index in [-0.39, 0.29) is 17.3 Å². The molecular weight excluding hydrogens is 462 g/mol. The highest BCUT2D eigenvalue weighted by Gasteiger charge is 2.15. The highest BCUT2D eigenvalue weighted by Crippen LogP contribution is 2.19. The zero-order valence-corrected chi connectivity index (χ0v) is 21.2. The fourth-order valence-electron chi connectivity index (χ4n) is 3.28. The van der Waals surface area contributed by atoms with Gasteiger partial charge in [0, 0.05) is 24.1 Å². The van der Waals surface area contributed by atoms with Crippen LogP contribution in [0, 0.1) is 0 Å². The number of rotatable bonds is 10. The van der Waals surface area contributed by atoms with Crippen LogP contribution in [-0.4, -0.2) is 52.3 Å². The van der Waals surface area contributed by atoms with Crippen LogP contribution in [0.4, 0.5) is 0 Å². The van der Waals surface area contributed by atoms with Crippen LogP contribution < -0.4 is 0 Å². The third-order valence-electron chi connectivity index (χ3n) is 5.00. The monoisotopic (exact) mass is 491 g/mol. The smallest absolute Gasteiger partial charge is 0.204 e. The number of thioether (sulfide) groups is 1. The summed E-state index contributed by atoms with van der Waals surface area (Å²) in [4.78, 5) is 25.3. The van der Waals surface area contributed by atoms with Gasteiger partial charge in [-0.3, -0.25) is 9.59 Å². The SMILES string of the molecule is CC.CCn1c(Cn2nnc(-c3ccccc3)n2)nnc1SCC(=O)Cc1ccc(C(C)=O)cc1. The Balaban J connectivity index is 0.00000167. The molecule has 0 radical (unpaired) electrons. The Kier molecular flexibility index (Phi) is 9.42. The lowest BCUT2D eigenvalue weighted by Gasteiger charge is -2.07. The molecular formula is C25H29N7O2S. The van der Waals surface area contributed by atoms with E-state index in [2.05, 4.69) is 25.6 Å². The topological polar surface area (TPSA) is 108 Å². The average Bonchev–Trinajstić information content (AvgIpc) is 3.52. The van der Waals surface area contributed by atoms with Crippen molar-refractivity contribution in [2.24, 2.45) is 0 Å². The van der Waals surface area contributed by atoms with E-state index in [4.69, 9.17) is 0 Å². The molecule has 4 aromatic rings. The van der Waals surface area contributed by atoms with E-state index in [1.807, 2.05) is 67.8 Å². The molecule has 0 N–H and O–H groups in total. The van der Waals surface area contributed by atoms with Gasteiger partial charge in [0.25, 0.3) is 0 Å². The Morgan fingerprint density at radius 3 is 2.31 bits per heavy atom. The number of carbonyl (C=O) groups is 2. The van der Waals surface area contributed by atoms with Crippen molar-refractivity contribution in [3.8, 4) is 11.4 Å². The molecule has 0 aliphatic heterocycles. The summed E-state index contributed by atoms with van der Waals surface area (Å²) in [6.45, 7) is 8.51. The molecule has 0 aliphatic carbocycles. The van der Waals surface area contributed by atoms with Crippen LogP contribution in [0.15, 0.2) is 59.8 Å². The number of carbonyl (C=O) groups excluding carboxylic acids is 2. The van der Waals surface area contributed by atoms with Crippen LogP contribution in [0.2, 0.25) is 0 Å². The number of hydrogen-bond acceptors (Lipinski definition) is 8. The summed E-state index contributed by atoms with van der Waals surface area (Å²) < 4.78 is 1.95. The van der Waals surface area contributed by atoms with E-state index in [1.54, 1.807) is 12.1 Å². The fraction of sp³-hybridized carbons (Fsp3) is 0.320. The van der Waals surface area contributed by atoms with Crippen LogP contribution >= 0.6 is 11.8 Å². The summed E-state index contributed by atoms with van der Waals surface area (Å²) in [5.41, 5.74) is 2.42. The van der Waals surface area contributed by atoms with Gasteiger partial charge in [-0.05, 0) is 24.6 Å². The lowest BCUT2D eigenvalue weighted by atomic mass is 10.1. The van der Waals surface area contributed by atoms with Gasteiger partial charge in [0.1, 0.15) is 12.3 Å². The van der Waals surface area contributed by atoms with Crippen molar-refractivity contribution in [2.75, 3.05) is 5.75 Å². The molecule has 0 saturated heterocycles. The summed E-state index contributed by atoms with van der Waals surface area (Å²) in [5.74, 6) is 1.62. The summed E-state index contributed by atoms with van der Waals surface area (Å²) in [6.07, 6.45) is 0.309. The van der Waals surface area contributed by atoms with Gasteiger partial charge in [-0.2, -0.15) is 4.80 Å². The highest BCUT2D eigenvalue weighted by atomic mass is 32.2. The number of hydrogen-bond donors (Lipinski definition) is 0. The molecule has 0 spiro atoms. The zero-order chi connectivity index (χ0) is 25.2. The van der Waals surface area contributed by atoms with E-state index in [0.717, 1.165) is 11.1 Å². The molecule has 0 atom stereocenters. The maximum absolute atomic E-state index is 12.5. The van der Waals surface area contributed by atoms with Gasteiger partial charge >= 0.3 is 0 Å². The molecule has 2 aromatic heterocycles. The molecule has 4 rings (SSSR count). The van der Waals surface area contributed by atoms with E-state index in [9.17, 15) is 9.59 Å². The second-order valence-electron chi connectivity index (χ2n) is 7.41. The van der Waals surface area contributed by atoms with Crippen LogP contribution in [-0.2, 0) is 24.3 Å². The van der Waals surface area contributed by atoms with Gasteiger partial charge < -0.3 is 4.57 Å². The van der Waals surface area contributed by atoms with Crippen LogP contribution in [0.1, 0.15) is 49.4 Å². The molecule has 9 nitrogen and oxygen atoms in total. The lowest BCUT2D eigenvalue weighted by Crippen LogP contribution is -2.12. The molecule has 35 heavy (non-hydrogen) atoms. The van der Waals surface area contributed by atoms with Crippen LogP contribution in [0.3, 0.4) is 0 Å². The molecule has 0 saturated carbocycles. The number of aromatic nitrogens is 7. The molecule has 2 aromatic carbocycles. The standard InChI is InChI=1S/C23H23N7O2S.C2H6/c1-3-29-21(14-30-27-22(25-28-30)19-7-5-4-6-8-19)24-26-23(29)33-15-20(32)13-17-9-11-18(12-10-17)16(2)31;1-2/h4-12H,3,13-15H2,1-2H3;1-2H3. The van der Waals surface area contributed by atoms with Crippen molar-refractivity contribution in [1.29, 1.82) is 0 Å². The van der Waals surface area contributed by atoms with Crippen molar-refractivity contribution in [3.05, 3.63) is 71.5 Å². The minimum Gasteiger partial charge on any atom is -0.305 e. The van der Waals surface area contributed by atoms with Gasteiger partial charge in [0.05, 0.1) is 5.75 Å². The summed E-state index contributed by atoms with van der Waals surface area (Å²) in [5, 5.41) is 21.9. The lowest BCUT2D eigenvalue weighted by molar-refractivity contribution is -0.116. The number of nitrogens with zero attached hydrogens (tertiary/aromatic N) is 7. The second-order valence-corrected chi connectivity index (χ2v) is 8.35. The predicted molar refractivity (Wildman–Crippen MR) is 135 cm³/mol. The molecule has 0 fully saturated rings. The maximum atomic E-state index is 12.5. The fourth-order valence-corrected chi connectivity index (χ4v) is 4.16. The molecule has 0 amide bonds. The van der Waals surface area contributed by atoms with Crippen molar-refractivity contribution in [3.63, 3.8) is 0 Å². The first kappa shape index (κ1) is 26.0. The van der Waals surface area contributed by atoms with E-state index < -0.39 is 0 Å². The van der Waals surface area contributed by atoms with E-state index in [0.29, 0.717) is 41.9 Å². The Morgan fingerprint density at radius 1 is 0.943 bits per heavy atom. The zero-order valence-electron chi connectivity index (χ0n) is 20.4. The van der Waals surface area contributed by atoms with Gasteiger partial charge in [-0.1, -0.05) is 80.2 Å². The predicted octanol–water partition coefficient (Wildman–Crippen LogP) is 4.13. The minimum atomic E-state index is 0.00974. The van der Waals surface area contributed by atoms with E-state index in [1.165, 1.54) is 23.5 Å². The third-order valence-corrected chi connectivity index (χ3v) is 6.03. The molecule has 0 aliphatic rings. The number of benzene rings is 2. The Morgan fingerprint density at radius 2 is 1.66 bits per heavy atom. The first-order chi connectivity index (χ1) is 17.0. The minimum absolute atomic E-state index is 0.00974. The third kappa shape index (κ3) is 6.92. The Bertz CT molecular complexity index is 1250. The first-order valence-electron chi connectivity index (χ1n) is 11.5. The van der Waals surface area contributed by atoms with Gasteiger partial charge in [-0.15, -0.1) is 20.4 Å².